The second-order valence-electron chi connectivity index (χ2n) is 9.33. The highest BCUT2D eigenvalue weighted by molar-refractivity contribution is 5.79. The van der Waals surface area contributed by atoms with Gasteiger partial charge in [-0.25, -0.2) is 9.78 Å². The molecule has 1 N–H and O–H groups in total. The van der Waals surface area contributed by atoms with Crippen molar-refractivity contribution in [3.8, 4) is 0 Å². The molecular formula is C21H30N6O5. The normalized spacial score (nSPS) is 28.6. The Labute approximate surface area is 186 Å². The maximum absolute atomic E-state index is 12.8. The third-order valence-corrected chi connectivity index (χ3v) is 7.53. The Bertz CT molecular complexity index is 867. The molecule has 0 bridgehead atoms. The Morgan fingerprint density at radius 1 is 1.25 bits per heavy atom. The summed E-state index contributed by atoms with van der Waals surface area (Å²) in [5.41, 5.74) is -0.301. The number of methoxy groups -OCH3 is 1. The first-order valence-corrected chi connectivity index (χ1v) is 11.4. The van der Waals surface area contributed by atoms with Crippen LogP contribution in [0.3, 0.4) is 0 Å². The number of aromatic amines is 1. The topological polar surface area (TPSA) is 121 Å². The quantitative estimate of drug-likeness (QED) is 0.641. The van der Waals surface area contributed by atoms with Crippen LogP contribution < -0.4 is 0 Å². The van der Waals surface area contributed by atoms with E-state index in [0.717, 1.165) is 25.7 Å². The molecule has 3 amide bonds. The average molecular weight is 447 g/mol. The lowest BCUT2D eigenvalue weighted by atomic mass is 9.77. The van der Waals surface area contributed by atoms with Crippen LogP contribution in [-0.2, 0) is 25.5 Å². The van der Waals surface area contributed by atoms with Crippen molar-refractivity contribution < 1.29 is 23.9 Å². The van der Waals surface area contributed by atoms with Gasteiger partial charge in [0.05, 0.1) is 30.7 Å². The Balaban J connectivity index is 1.16. The van der Waals surface area contributed by atoms with Crippen molar-refractivity contribution in [2.45, 2.75) is 68.7 Å². The van der Waals surface area contributed by atoms with Gasteiger partial charge in [0.1, 0.15) is 18.3 Å². The number of fused-ring (bicyclic) bond motifs is 1. The Morgan fingerprint density at radius 2 is 2.09 bits per heavy atom. The van der Waals surface area contributed by atoms with Crippen LogP contribution >= 0.6 is 0 Å². The molecule has 0 aromatic carbocycles. The zero-order valence-corrected chi connectivity index (χ0v) is 18.4. The van der Waals surface area contributed by atoms with Crippen LogP contribution in [-0.4, -0.2) is 105 Å². The van der Waals surface area contributed by atoms with E-state index in [1.54, 1.807) is 16.9 Å². The van der Waals surface area contributed by atoms with E-state index < -0.39 is 0 Å². The fourth-order valence-corrected chi connectivity index (χ4v) is 5.43. The van der Waals surface area contributed by atoms with E-state index in [-0.39, 0.29) is 41.7 Å². The maximum Gasteiger partial charge on any atom is 0.410 e. The average Bonchev–Trinajstić information content (AvgIpc) is 3.52. The number of ether oxygens (including phenoxy) is 2. The third kappa shape index (κ3) is 3.82. The molecule has 11 heteroatoms. The predicted molar refractivity (Wildman–Crippen MR) is 110 cm³/mol. The lowest BCUT2D eigenvalue weighted by Crippen LogP contribution is -2.48. The van der Waals surface area contributed by atoms with Gasteiger partial charge in [-0.2, -0.15) is 5.10 Å². The number of aromatic nitrogens is 3. The summed E-state index contributed by atoms with van der Waals surface area (Å²) in [5.74, 6) is 0.785. The number of nitrogens with one attached hydrogen (secondary N) is 1. The summed E-state index contributed by atoms with van der Waals surface area (Å²) in [4.78, 5) is 47.5. The highest BCUT2D eigenvalue weighted by atomic mass is 16.6. The SMILES string of the molecule is COC1(CC(=O)N2CCC(N3C(=O)O[C@H]4CN(C(=O)CCc5ncn[nH]5)C[C@H]43)C2)CCC1. The minimum Gasteiger partial charge on any atom is -0.442 e. The number of H-pyrrole nitrogens is 1. The van der Waals surface area contributed by atoms with Crippen LogP contribution in [0, 0.1) is 0 Å². The van der Waals surface area contributed by atoms with Crippen LogP contribution in [0.1, 0.15) is 44.3 Å². The molecule has 3 atom stereocenters. The lowest BCUT2D eigenvalue weighted by Gasteiger charge is -2.40. The summed E-state index contributed by atoms with van der Waals surface area (Å²) in [7, 11) is 1.68. The molecule has 0 radical (unpaired) electrons. The molecule has 32 heavy (non-hydrogen) atoms. The smallest absolute Gasteiger partial charge is 0.410 e. The summed E-state index contributed by atoms with van der Waals surface area (Å²) in [6, 6.07) is -0.237. The maximum atomic E-state index is 12.8. The number of nitrogens with zero attached hydrogens (tertiary/aromatic N) is 5. The first-order chi connectivity index (χ1) is 15.5. The molecule has 3 aliphatic heterocycles. The number of aryl methyl sites for hydroxylation is 1. The van der Waals surface area contributed by atoms with E-state index in [0.29, 0.717) is 51.3 Å². The molecule has 4 aliphatic rings. The van der Waals surface area contributed by atoms with Gasteiger partial charge in [0.15, 0.2) is 0 Å². The number of hydrogen-bond acceptors (Lipinski definition) is 7. The van der Waals surface area contributed by atoms with Crippen LogP contribution in [0.15, 0.2) is 6.33 Å². The minimum atomic E-state index is -0.333. The second kappa shape index (κ2) is 8.34. The standard InChI is InChI=1S/C21H30N6O5/c1-31-21(6-2-7-21)9-19(29)25-8-5-14(10-25)27-15-11-26(12-16(15)32-20(27)30)18(28)4-3-17-22-13-23-24-17/h13-16H,2-12H2,1H3,(H,22,23,24)/t14?,15-,16+/m1/s1. The molecule has 174 valence electrons. The zero-order valence-electron chi connectivity index (χ0n) is 18.4. The van der Waals surface area contributed by atoms with Crippen LogP contribution in [0.4, 0.5) is 4.79 Å². The fourth-order valence-electron chi connectivity index (χ4n) is 5.43. The van der Waals surface area contributed by atoms with Crippen molar-refractivity contribution in [3.63, 3.8) is 0 Å². The fraction of sp³-hybridized carbons (Fsp3) is 0.762. The summed E-state index contributed by atoms with van der Waals surface area (Å²) >= 11 is 0. The van der Waals surface area contributed by atoms with E-state index in [9.17, 15) is 14.4 Å². The second-order valence-corrected chi connectivity index (χ2v) is 9.33. The largest absolute Gasteiger partial charge is 0.442 e. The Kier molecular flexibility index (Phi) is 5.52. The van der Waals surface area contributed by atoms with Crippen molar-refractivity contribution in [1.29, 1.82) is 0 Å². The van der Waals surface area contributed by atoms with E-state index in [1.165, 1.54) is 6.33 Å². The number of carbonyl (C=O) groups is 3. The molecule has 11 nitrogen and oxygen atoms in total. The van der Waals surface area contributed by atoms with Gasteiger partial charge in [0.2, 0.25) is 11.8 Å². The van der Waals surface area contributed by atoms with E-state index in [2.05, 4.69) is 15.2 Å². The Hall–Kier alpha value is -2.69. The van der Waals surface area contributed by atoms with Crippen molar-refractivity contribution in [2.24, 2.45) is 0 Å². The van der Waals surface area contributed by atoms with Gasteiger partial charge >= 0.3 is 6.09 Å². The van der Waals surface area contributed by atoms with Gasteiger partial charge in [0, 0.05) is 39.6 Å². The van der Waals surface area contributed by atoms with E-state index in [1.807, 2.05) is 4.90 Å². The van der Waals surface area contributed by atoms with Gasteiger partial charge in [-0.3, -0.25) is 19.6 Å². The van der Waals surface area contributed by atoms with Crippen molar-refractivity contribution >= 4 is 17.9 Å². The van der Waals surface area contributed by atoms with Gasteiger partial charge in [-0.05, 0) is 25.7 Å². The molecule has 4 fully saturated rings. The molecule has 1 saturated carbocycles. The number of rotatable bonds is 7. The van der Waals surface area contributed by atoms with E-state index in [4.69, 9.17) is 9.47 Å². The van der Waals surface area contributed by atoms with Crippen molar-refractivity contribution in [3.05, 3.63) is 12.2 Å². The lowest BCUT2D eigenvalue weighted by molar-refractivity contribution is -0.143. The number of hydrogen-bond donors (Lipinski definition) is 1. The van der Waals surface area contributed by atoms with Crippen LogP contribution in [0.5, 0.6) is 0 Å². The van der Waals surface area contributed by atoms with E-state index >= 15 is 0 Å². The van der Waals surface area contributed by atoms with Gasteiger partial charge in [0.25, 0.3) is 0 Å². The van der Waals surface area contributed by atoms with Crippen molar-refractivity contribution in [1.82, 2.24) is 29.9 Å². The van der Waals surface area contributed by atoms with Crippen molar-refractivity contribution in [2.75, 3.05) is 33.3 Å². The molecule has 1 aromatic rings. The summed E-state index contributed by atoms with van der Waals surface area (Å²) in [6.45, 7) is 2.01. The summed E-state index contributed by atoms with van der Waals surface area (Å²) in [6.07, 6.45) is 5.68. The first kappa shape index (κ1) is 21.2. The molecule has 5 rings (SSSR count). The molecular weight excluding hydrogens is 416 g/mol. The zero-order chi connectivity index (χ0) is 22.3. The molecule has 1 aliphatic carbocycles. The Morgan fingerprint density at radius 3 is 2.78 bits per heavy atom. The van der Waals surface area contributed by atoms with Gasteiger partial charge < -0.3 is 19.3 Å². The molecule has 3 saturated heterocycles. The molecule has 1 aromatic heterocycles. The molecule has 1 unspecified atom stereocenters. The van der Waals surface area contributed by atoms with Gasteiger partial charge in [-0.15, -0.1) is 0 Å². The van der Waals surface area contributed by atoms with Crippen LogP contribution in [0.25, 0.3) is 0 Å². The van der Waals surface area contributed by atoms with Gasteiger partial charge in [-0.1, -0.05) is 0 Å². The number of carbonyl (C=O) groups excluding carboxylic acids is 3. The first-order valence-electron chi connectivity index (χ1n) is 11.4. The highest BCUT2D eigenvalue weighted by Gasteiger charge is 2.52. The summed E-state index contributed by atoms with van der Waals surface area (Å²) < 4.78 is 11.2. The molecule has 4 heterocycles. The van der Waals surface area contributed by atoms with Crippen LogP contribution in [0.2, 0.25) is 0 Å². The number of amides is 3. The predicted octanol–water partition coefficient (Wildman–Crippen LogP) is 0.329. The third-order valence-electron chi connectivity index (χ3n) is 7.53. The molecule has 0 spiro atoms. The number of likely N-dealkylation sites (tertiary alicyclic amines) is 2. The monoisotopic (exact) mass is 446 g/mol. The summed E-state index contributed by atoms with van der Waals surface area (Å²) in [5, 5.41) is 6.56. The minimum absolute atomic E-state index is 0.0142. The highest BCUT2D eigenvalue weighted by Crippen LogP contribution is 2.39.